The molecule has 4 rings (SSSR count). The number of carboxylic acids is 1. The van der Waals surface area contributed by atoms with Gasteiger partial charge < -0.3 is 20.5 Å². The Kier molecular flexibility index (Phi) is 6.91. The number of carbonyl (C=O) groups is 3. The lowest BCUT2D eigenvalue weighted by atomic mass is 9.98. The van der Waals surface area contributed by atoms with Gasteiger partial charge in [-0.15, -0.1) is 0 Å². The molecule has 0 saturated heterocycles. The zero-order chi connectivity index (χ0) is 24.1. The van der Waals surface area contributed by atoms with Gasteiger partial charge in [0.05, 0.1) is 6.20 Å². The number of amides is 2. The van der Waals surface area contributed by atoms with Crippen LogP contribution in [0, 0.1) is 0 Å². The van der Waals surface area contributed by atoms with Crippen LogP contribution in [0.1, 0.15) is 41.5 Å². The number of aliphatic carboxylic acids is 1. The monoisotopic (exact) mass is 462 g/mol. The number of carboxylic acid groups (broad SMARTS) is 1. The minimum atomic E-state index is -1.02. The van der Waals surface area contributed by atoms with E-state index >= 15 is 0 Å². The molecule has 1 unspecified atom stereocenters. The average Bonchev–Trinajstić information content (AvgIpc) is 3.40. The molecule has 9 heteroatoms. The third-order valence-electron chi connectivity index (χ3n) is 5.79. The number of aromatic nitrogens is 2. The van der Waals surface area contributed by atoms with Gasteiger partial charge in [0.25, 0.3) is 0 Å². The minimum absolute atomic E-state index is 0.0579. The summed E-state index contributed by atoms with van der Waals surface area (Å²) < 4.78 is 7.10. The maximum Gasteiger partial charge on any atom is 0.408 e. The summed E-state index contributed by atoms with van der Waals surface area (Å²) in [5, 5.41) is 18.1. The summed E-state index contributed by atoms with van der Waals surface area (Å²) in [7, 11) is 1.71. The summed E-state index contributed by atoms with van der Waals surface area (Å²) in [6.07, 6.45) is 2.62. The number of carbonyl (C=O) groups excluding carboxylic acids is 2. The summed E-state index contributed by atoms with van der Waals surface area (Å²) in [5.41, 5.74) is 4.93. The summed E-state index contributed by atoms with van der Waals surface area (Å²) >= 11 is 0. The average molecular weight is 463 g/mol. The SMILES string of the molecule is Cn1cc(C(NC(=O)OCC2c3ccccc3-c3ccccc32)C(=O)NCCCC(=O)O)cn1. The summed E-state index contributed by atoms with van der Waals surface area (Å²) in [6, 6.07) is 15.1. The van der Waals surface area contributed by atoms with Crippen molar-refractivity contribution in [3.8, 4) is 11.1 Å². The molecule has 2 aromatic carbocycles. The van der Waals surface area contributed by atoms with Gasteiger partial charge in [-0.05, 0) is 28.7 Å². The van der Waals surface area contributed by atoms with Gasteiger partial charge in [0.2, 0.25) is 5.91 Å². The first-order chi connectivity index (χ1) is 16.4. The molecule has 0 fully saturated rings. The topological polar surface area (TPSA) is 123 Å². The smallest absolute Gasteiger partial charge is 0.408 e. The number of fused-ring (bicyclic) bond motifs is 3. The van der Waals surface area contributed by atoms with Crippen molar-refractivity contribution in [1.82, 2.24) is 20.4 Å². The molecule has 0 spiro atoms. The molecular weight excluding hydrogens is 436 g/mol. The second kappa shape index (κ2) is 10.2. The molecule has 0 radical (unpaired) electrons. The first kappa shape index (κ1) is 23.0. The highest BCUT2D eigenvalue weighted by molar-refractivity contribution is 5.87. The van der Waals surface area contributed by atoms with E-state index in [0.717, 1.165) is 22.3 Å². The second-order valence-electron chi connectivity index (χ2n) is 8.14. The van der Waals surface area contributed by atoms with Crippen molar-refractivity contribution in [2.45, 2.75) is 24.8 Å². The Bertz CT molecular complexity index is 1160. The minimum Gasteiger partial charge on any atom is -0.481 e. The molecule has 9 nitrogen and oxygen atoms in total. The van der Waals surface area contributed by atoms with Crippen molar-refractivity contribution in [3.63, 3.8) is 0 Å². The molecule has 34 heavy (non-hydrogen) atoms. The lowest BCUT2D eigenvalue weighted by Crippen LogP contribution is -2.41. The van der Waals surface area contributed by atoms with Crippen LogP contribution in [0.2, 0.25) is 0 Å². The molecule has 3 aromatic rings. The predicted octanol–water partition coefficient (Wildman–Crippen LogP) is 2.98. The third kappa shape index (κ3) is 5.09. The van der Waals surface area contributed by atoms with Gasteiger partial charge in [0.15, 0.2) is 0 Å². The van der Waals surface area contributed by atoms with Crippen molar-refractivity contribution in [1.29, 1.82) is 0 Å². The van der Waals surface area contributed by atoms with Gasteiger partial charge in [-0.25, -0.2) is 4.79 Å². The summed E-state index contributed by atoms with van der Waals surface area (Å²) in [5.74, 6) is -1.50. The lowest BCUT2D eigenvalue weighted by Gasteiger charge is -2.19. The van der Waals surface area contributed by atoms with Crippen LogP contribution in [0.4, 0.5) is 4.79 Å². The van der Waals surface area contributed by atoms with Gasteiger partial charge >= 0.3 is 12.1 Å². The first-order valence-electron chi connectivity index (χ1n) is 11.0. The van der Waals surface area contributed by atoms with E-state index in [1.807, 2.05) is 36.4 Å². The fraction of sp³-hybridized carbons (Fsp3) is 0.280. The Morgan fingerprint density at radius 1 is 1.09 bits per heavy atom. The zero-order valence-corrected chi connectivity index (χ0v) is 18.7. The van der Waals surface area contributed by atoms with Crippen molar-refractivity contribution < 1.29 is 24.2 Å². The van der Waals surface area contributed by atoms with E-state index < -0.39 is 24.0 Å². The number of hydrogen-bond donors (Lipinski definition) is 3. The maximum absolute atomic E-state index is 12.8. The van der Waals surface area contributed by atoms with Gasteiger partial charge in [-0.1, -0.05) is 48.5 Å². The number of ether oxygens (including phenoxy) is 1. The number of aryl methyl sites for hydroxylation is 1. The molecule has 0 bridgehead atoms. The number of hydrogen-bond acceptors (Lipinski definition) is 5. The Balaban J connectivity index is 1.42. The Morgan fingerprint density at radius 2 is 1.74 bits per heavy atom. The molecule has 1 atom stereocenters. The number of rotatable bonds is 9. The van der Waals surface area contributed by atoms with E-state index in [1.54, 1.807) is 13.2 Å². The molecule has 0 aliphatic heterocycles. The van der Waals surface area contributed by atoms with Crippen LogP contribution in [0.3, 0.4) is 0 Å². The van der Waals surface area contributed by atoms with Gasteiger partial charge in [0, 0.05) is 37.7 Å². The highest BCUT2D eigenvalue weighted by Gasteiger charge is 2.30. The van der Waals surface area contributed by atoms with Gasteiger partial charge in [0.1, 0.15) is 12.6 Å². The first-order valence-corrected chi connectivity index (χ1v) is 11.0. The van der Waals surface area contributed by atoms with Crippen LogP contribution in [0.5, 0.6) is 0 Å². The van der Waals surface area contributed by atoms with Crippen LogP contribution >= 0.6 is 0 Å². The van der Waals surface area contributed by atoms with E-state index in [4.69, 9.17) is 9.84 Å². The normalized spacial score (nSPS) is 13.0. The molecule has 1 aromatic heterocycles. The summed E-state index contributed by atoms with van der Waals surface area (Å²) in [4.78, 5) is 36.2. The highest BCUT2D eigenvalue weighted by Crippen LogP contribution is 2.44. The summed E-state index contributed by atoms with van der Waals surface area (Å²) in [6.45, 7) is 0.300. The molecule has 3 N–H and O–H groups in total. The fourth-order valence-corrected chi connectivity index (χ4v) is 4.20. The van der Waals surface area contributed by atoms with Crippen LogP contribution < -0.4 is 10.6 Å². The Morgan fingerprint density at radius 3 is 2.32 bits per heavy atom. The third-order valence-corrected chi connectivity index (χ3v) is 5.79. The lowest BCUT2D eigenvalue weighted by molar-refractivity contribution is -0.137. The van der Waals surface area contributed by atoms with E-state index in [2.05, 4.69) is 27.9 Å². The molecule has 0 saturated carbocycles. The standard InChI is InChI=1S/C25H26N4O5/c1-29-14-16(13-27-29)23(24(32)26-12-6-11-22(30)31)28-25(33)34-15-21-19-9-4-2-7-17(19)18-8-3-5-10-20(18)21/h2-5,7-10,13-14,21,23H,6,11-12,15H2,1H3,(H,26,32)(H,28,33)(H,30,31). The second-order valence-corrected chi connectivity index (χ2v) is 8.14. The van der Waals surface area contributed by atoms with Crippen molar-refractivity contribution in [2.75, 3.05) is 13.2 Å². The van der Waals surface area contributed by atoms with Gasteiger partial charge in [-0.3, -0.25) is 14.3 Å². The number of nitrogens with zero attached hydrogens (tertiary/aromatic N) is 2. The molecule has 1 aliphatic rings. The maximum atomic E-state index is 12.8. The molecule has 1 heterocycles. The van der Waals surface area contributed by atoms with Crippen LogP contribution in [-0.4, -0.2) is 46.0 Å². The van der Waals surface area contributed by atoms with Gasteiger partial charge in [-0.2, -0.15) is 5.10 Å². The zero-order valence-electron chi connectivity index (χ0n) is 18.7. The quantitative estimate of drug-likeness (QED) is 0.420. The van der Waals surface area contributed by atoms with E-state index in [1.165, 1.54) is 10.9 Å². The van der Waals surface area contributed by atoms with Crippen molar-refractivity contribution >= 4 is 18.0 Å². The molecular formula is C25H26N4O5. The van der Waals surface area contributed by atoms with E-state index in [9.17, 15) is 14.4 Å². The Hall–Kier alpha value is -4.14. The largest absolute Gasteiger partial charge is 0.481 e. The predicted molar refractivity (Wildman–Crippen MR) is 124 cm³/mol. The number of nitrogens with one attached hydrogen (secondary N) is 2. The highest BCUT2D eigenvalue weighted by atomic mass is 16.5. The van der Waals surface area contributed by atoms with Crippen LogP contribution in [0.25, 0.3) is 11.1 Å². The fourth-order valence-electron chi connectivity index (χ4n) is 4.20. The van der Waals surface area contributed by atoms with Crippen LogP contribution in [0.15, 0.2) is 60.9 Å². The molecule has 176 valence electrons. The number of alkyl carbamates (subject to hydrolysis) is 1. The van der Waals surface area contributed by atoms with Crippen molar-refractivity contribution in [3.05, 3.63) is 77.6 Å². The molecule has 1 aliphatic carbocycles. The van der Waals surface area contributed by atoms with Crippen molar-refractivity contribution in [2.24, 2.45) is 7.05 Å². The molecule has 2 amide bonds. The number of benzene rings is 2. The van der Waals surface area contributed by atoms with Crippen LogP contribution in [-0.2, 0) is 21.4 Å². The van der Waals surface area contributed by atoms with E-state index in [0.29, 0.717) is 5.56 Å². The van der Waals surface area contributed by atoms with E-state index in [-0.39, 0.29) is 31.9 Å². The Labute approximate surface area is 196 Å².